The van der Waals surface area contributed by atoms with Crippen molar-refractivity contribution >= 4 is 5.91 Å². The lowest BCUT2D eigenvalue weighted by molar-refractivity contribution is -0.158. The van der Waals surface area contributed by atoms with Crippen molar-refractivity contribution in [1.29, 1.82) is 0 Å². The first-order valence-corrected chi connectivity index (χ1v) is 11.2. The average Bonchev–Trinajstić information content (AvgIpc) is 2.81. The van der Waals surface area contributed by atoms with E-state index in [-0.39, 0.29) is 30.6 Å². The fourth-order valence-electron chi connectivity index (χ4n) is 4.22. The molecule has 0 N–H and O–H groups in total. The Kier molecular flexibility index (Phi) is 7.52. The summed E-state index contributed by atoms with van der Waals surface area (Å²) in [6, 6.07) is 8.86. The van der Waals surface area contributed by atoms with E-state index in [1.54, 1.807) is 18.2 Å². The highest BCUT2D eigenvalue weighted by Gasteiger charge is 2.41. The molecule has 3 heterocycles. The summed E-state index contributed by atoms with van der Waals surface area (Å²) in [6.07, 6.45) is 1.39. The quantitative estimate of drug-likeness (QED) is 0.632. The third-order valence-corrected chi connectivity index (χ3v) is 6.15. The number of ether oxygens (including phenoxy) is 2. The van der Waals surface area contributed by atoms with Gasteiger partial charge in [-0.1, -0.05) is 0 Å². The Balaban J connectivity index is 1.47. The molecule has 0 radical (unpaired) electrons. The summed E-state index contributed by atoms with van der Waals surface area (Å²) in [5.74, 6) is -0.161. The van der Waals surface area contributed by atoms with E-state index in [1.165, 1.54) is 24.4 Å². The topological polar surface area (TPSA) is 58.1 Å². The van der Waals surface area contributed by atoms with Crippen LogP contribution < -0.4 is 4.74 Å². The maximum absolute atomic E-state index is 13.3. The van der Waals surface area contributed by atoms with Gasteiger partial charge < -0.3 is 19.3 Å². The maximum Gasteiger partial charge on any atom is 0.225 e. The Hall–Kier alpha value is -2.62. The van der Waals surface area contributed by atoms with Gasteiger partial charge in [0.15, 0.2) is 0 Å². The number of nitrogens with zero attached hydrogens (tertiary/aromatic N) is 4. The van der Waals surface area contributed by atoms with Gasteiger partial charge in [-0.25, -0.2) is 8.78 Å². The molecule has 2 fully saturated rings. The van der Waals surface area contributed by atoms with Crippen LogP contribution in [0.3, 0.4) is 0 Å². The molecular formula is C24H30F2N4O3. The smallest absolute Gasteiger partial charge is 0.225 e. The first-order valence-electron chi connectivity index (χ1n) is 11.2. The van der Waals surface area contributed by atoms with Gasteiger partial charge >= 0.3 is 0 Å². The van der Waals surface area contributed by atoms with E-state index in [0.29, 0.717) is 45.1 Å². The Morgan fingerprint density at radius 1 is 1.06 bits per heavy atom. The number of hydrogen-bond donors (Lipinski definition) is 0. The first kappa shape index (κ1) is 23.5. The van der Waals surface area contributed by atoms with Gasteiger partial charge in [-0.3, -0.25) is 14.7 Å². The number of benzene rings is 1. The Bertz CT molecular complexity index is 920. The number of carbonyl (C=O) groups excluding carboxylic acids is 1. The van der Waals surface area contributed by atoms with Crippen LogP contribution in [-0.2, 0) is 16.1 Å². The average molecular weight is 461 g/mol. The molecule has 2 aromatic rings. The SMILES string of the molecule is CN1CCN(C(=O)C[C@]2(COc3ccc(F)cc3)CN(Cc3ccc(F)cn3)CCO2)CC1. The lowest BCUT2D eigenvalue weighted by Crippen LogP contribution is -2.58. The van der Waals surface area contributed by atoms with Gasteiger partial charge in [0.2, 0.25) is 5.91 Å². The van der Waals surface area contributed by atoms with Crippen molar-refractivity contribution in [1.82, 2.24) is 19.7 Å². The van der Waals surface area contributed by atoms with Crippen molar-refractivity contribution in [3.63, 3.8) is 0 Å². The number of likely N-dealkylation sites (N-methyl/N-ethyl adjacent to an activating group) is 1. The summed E-state index contributed by atoms with van der Waals surface area (Å²) in [4.78, 5) is 23.6. The molecule has 1 aromatic carbocycles. The largest absolute Gasteiger partial charge is 0.491 e. The minimum Gasteiger partial charge on any atom is -0.491 e. The highest BCUT2D eigenvalue weighted by molar-refractivity contribution is 5.77. The molecule has 1 aromatic heterocycles. The molecule has 9 heteroatoms. The number of rotatable bonds is 7. The van der Waals surface area contributed by atoms with Crippen LogP contribution in [0.5, 0.6) is 5.75 Å². The van der Waals surface area contributed by atoms with E-state index >= 15 is 0 Å². The van der Waals surface area contributed by atoms with Gasteiger partial charge in [-0.05, 0) is 43.4 Å². The summed E-state index contributed by atoms with van der Waals surface area (Å²) in [5.41, 5.74) is -0.107. The molecule has 178 valence electrons. The Morgan fingerprint density at radius 3 is 2.48 bits per heavy atom. The number of amides is 1. The normalized spacial score (nSPS) is 22.3. The van der Waals surface area contributed by atoms with Crippen molar-refractivity contribution in [2.24, 2.45) is 0 Å². The monoisotopic (exact) mass is 460 g/mol. The summed E-state index contributed by atoms with van der Waals surface area (Å²) in [7, 11) is 2.05. The molecule has 2 saturated heterocycles. The summed E-state index contributed by atoms with van der Waals surface area (Å²) >= 11 is 0. The Labute approximate surface area is 192 Å². The molecule has 0 bridgehead atoms. The van der Waals surface area contributed by atoms with E-state index < -0.39 is 5.60 Å². The number of halogens is 2. The summed E-state index contributed by atoms with van der Waals surface area (Å²) < 4.78 is 38.7. The van der Waals surface area contributed by atoms with Crippen LogP contribution in [0.15, 0.2) is 42.6 Å². The van der Waals surface area contributed by atoms with Crippen molar-refractivity contribution in [3.8, 4) is 5.75 Å². The highest BCUT2D eigenvalue weighted by Crippen LogP contribution is 2.26. The number of pyridine rings is 1. The van der Waals surface area contributed by atoms with E-state index in [1.807, 2.05) is 11.9 Å². The zero-order valence-electron chi connectivity index (χ0n) is 18.9. The zero-order chi connectivity index (χ0) is 23.3. The second-order valence-corrected chi connectivity index (χ2v) is 8.81. The molecule has 0 unspecified atom stereocenters. The summed E-state index contributed by atoms with van der Waals surface area (Å²) in [6.45, 7) is 5.30. The van der Waals surface area contributed by atoms with Crippen LogP contribution in [0.25, 0.3) is 0 Å². The van der Waals surface area contributed by atoms with Gasteiger partial charge in [0.25, 0.3) is 0 Å². The van der Waals surface area contributed by atoms with Crippen LogP contribution in [0.2, 0.25) is 0 Å². The molecule has 1 amide bonds. The van der Waals surface area contributed by atoms with E-state index in [4.69, 9.17) is 9.47 Å². The fourth-order valence-corrected chi connectivity index (χ4v) is 4.22. The molecule has 33 heavy (non-hydrogen) atoms. The van der Waals surface area contributed by atoms with Crippen LogP contribution in [0.4, 0.5) is 8.78 Å². The van der Waals surface area contributed by atoms with Gasteiger partial charge in [-0.15, -0.1) is 0 Å². The predicted molar refractivity (Wildman–Crippen MR) is 119 cm³/mol. The molecule has 4 rings (SSSR count). The van der Waals surface area contributed by atoms with Crippen molar-refractivity contribution in [2.75, 3.05) is 59.5 Å². The van der Waals surface area contributed by atoms with Crippen LogP contribution in [0, 0.1) is 11.6 Å². The molecule has 0 saturated carbocycles. The van der Waals surface area contributed by atoms with Gasteiger partial charge in [0, 0.05) is 45.8 Å². The van der Waals surface area contributed by atoms with Crippen molar-refractivity contribution in [3.05, 3.63) is 59.9 Å². The van der Waals surface area contributed by atoms with E-state index in [0.717, 1.165) is 18.8 Å². The maximum atomic E-state index is 13.3. The molecule has 0 spiro atoms. The zero-order valence-corrected chi connectivity index (χ0v) is 18.9. The lowest BCUT2D eigenvalue weighted by Gasteiger charge is -2.43. The molecule has 7 nitrogen and oxygen atoms in total. The van der Waals surface area contributed by atoms with Gasteiger partial charge in [0.05, 0.1) is 24.9 Å². The molecular weight excluding hydrogens is 430 g/mol. The molecule has 0 aliphatic carbocycles. The molecule has 2 aliphatic heterocycles. The van der Waals surface area contributed by atoms with Gasteiger partial charge in [-0.2, -0.15) is 0 Å². The lowest BCUT2D eigenvalue weighted by atomic mass is 9.96. The predicted octanol–water partition coefficient (Wildman–Crippen LogP) is 2.17. The van der Waals surface area contributed by atoms with Crippen LogP contribution in [-0.4, -0.2) is 90.7 Å². The third kappa shape index (κ3) is 6.46. The number of morpholine rings is 1. The summed E-state index contributed by atoms with van der Waals surface area (Å²) in [5, 5.41) is 0. The second-order valence-electron chi connectivity index (χ2n) is 8.81. The minimum absolute atomic E-state index is 0.0348. The second kappa shape index (κ2) is 10.5. The van der Waals surface area contributed by atoms with Crippen LogP contribution >= 0.6 is 0 Å². The van der Waals surface area contributed by atoms with Crippen LogP contribution in [0.1, 0.15) is 12.1 Å². The Morgan fingerprint density at radius 2 is 1.79 bits per heavy atom. The number of piperazine rings is 1. The number of hydrogen-bond acceptors (Lipinski definition) is 6. The number of carbonyl (C=O) groups is 1. The van der Waals surface area contributed by atoms with Crippen molar-refractivity contribution in [2.45, 2.75) is 18.6 Å². The molecule has 1 atom stereocenters. The van der Waals surface area contributed by atoms with E-state index in [9.17, 15) is 13.6 Å². The minimum atomic E-state index is -0.854. The van der Waals surface area contributed by atoms with E-state index in [2.05, 4.69) is 14.8 Å². The van der Waals surface area contributed by atoms with Gasteiger partial charge in [0.1, 0.15) is 29.6 Å². The van der Waals surface area contributed by atoms with Crippen molar-refractivity contribution < 1.29 is 23.0 Å². The fraction of sp³-hybridized carbons (Fsp3) is 0.500. The standard InChI is InChI=1S/C24H30F2N4O3/c1-28-8-10-30(11-9-28)23(31)14-24(18-32-22-6-3-19(25)4-7-22)17-29(12-13-33-24)16-21-5-2-20(26)15-27-21/h2-7,15H,8-14,16-18H2,1H3/t24-/m1/s1. The third-order valence-electron chi connectivity index (χ3n) is 6.15. The number of aromatic nitrogens is 1. The molecule has 2 aliphatic rings. The highest BCUT2D eigenvalue weighted by atomic mass is 19.1. The first-order chi connectivity index (χ1) is 15.9.